The second kappa shape index (κ2) is 6.83. The van der Waals surface area contributed by atoms with E-state index in [1.165, 1.54) is 7.11 Å². The summed E-state index contributed by atoms with van der Waals surface area (Å²) in [6.07, 6.45) is 0.256. The molecular formula is C16H14N2O2S2. The van der Waals surface area contributed by atoms with Gasteiger partial charge < -0.3 is 0 Å². The van der Waals surface area contributed by atoms with Gasteiger partial charge in [-0.05, 0) is 11.4 Å². The molecule has 0 fully saturated rings. The van der Waals surface area contributed by atoms with Gasteiger partial charge in [0.2, 0.25) is 5.91 Å². The highest BCUT2D eigenvalue weighted by molar-refractivity contribution is 7.17. The molecule has 112 valence electrons. The molecule has 0 aliphatic rings. The number of nitrogens with zero attached hydrogens (tertiary/aromatic N) is 1. The topological polar surface area (TPSA) is 51.2 Å². The Bertz CT molecular complexity index is 752. The number of aromatic nitrogens is 1. The minimum Gasteiger partial charge on any atom is -0.277 e. The summed E-state index contributed by atoms with van der Waals surface area (Å²) < 4.78 is 0. The van der Waals surface area contributed by atoms with Crippen LogP contribution in [0.1, 0.15) is 4.88 Å². The van der Waals surface area contributed by atoms with Gasteiger partial charge in [0.1, 0.15) is 5.01 Å². The maximum absolute atomic E-state index is 11.8. The summed E-state index contributed by atoms with van der Waals surface area (Å²) in [5, 5.41) is 2.93. The molecule has 1 aromatic carbocycles. The number of hydrogen-bond donors (Lipinski definition) is 1. The van der Waals surface area contributed by atoms with E-state index in [-0.39, 0.29) is 12.3 Å². The van der Waals surface area contributed by atoms with Crippen LogP contribution in [0.5, 0.6) is 0 Å². The van der Waals surface area contributed by atoms with E-state index in [4.69, 9.17) is 4.98 Å². The molecule has 4 nitrogen and oxygen atoms in total. The van der Waals surface area contributed by atoms with Crippen molar-refractivity contribution in [1.82, 2.24) is 10.5 Å². The Balaban J connectivity index is 1.99. The van der Waals surface area contributed by atoms with Crippen molar-refractivity contribution in [3.8, 4) is 21.1 Å². The molecule has 2 heterocycles. The monoisotopic (exact) mass is 330 g/mol. The summed E-state index contributed by atoms with van der Waals surface area (Å²) in [6.45, 7) is 0. The van der Waals surface area contributed by atoms with Crippen molar-refractivity contribution in [2.75, 3.05) is 7.11 Å². The van der Waals surface area contributed by atoms with Gasteiger partial charge >= 0.3 is 0 Å². The number of amides is 1. The van der Waals surface area contributed by atoms with Crippen LogP contribution in [0.4, 0.5) is 0 Å². The maximum Gasteiger partial charge on any atom is 0.248 e. The quantitative estimate of drug-likeness (QED) is 0.725. The van der Waals surface area contributed by atoms with Crippen LogP contribution in [0, 0.1) is 0 Å². The zero-order chi connectivity index (χ0) is 15.4. The van der Waals surface area contributed by atoms with Gasteiger partial charge in [-0.2, -0.15) is 0 Å². The first-order valence-electron chi connectivity index (χ1n) is 6.68. The molecule has 0 saturated heterocycles. The first-order valence-corrected chi connectivity index (χ1v) is 8.38. The van der Waals surface area contributed by atoms with Gasteiger partial charge in [0, 0.05) is 10.4 Å². The normalized spacial score (nSPS) is 10.6. The van der Waals surface area contributed by atoms with E-state index in [1.54, 1.807) is 22.7 Å². The van der Waals surface area contributed by atoms with Crippen molar-refractivity contribution in [1.29, 1.82) is 0 Å². The fourth-order valence-electron chi connectivity index (χ4n) is 2.08. The Hall–Kier alpha value is -2.02. The summed E-state index contributed by atoms with van der Waals surface area (Å²) in [5.74, 6) is -0.177. The van der Waals surface area contributed by atoms with Gasteiger partial charge in [-0.25, -0.2) is 10.5 Å². The Kier molecular flexibility index (Phi) is 4.62. The summed E-state index contributed by atoms with van der Waals surface area (Å²) >= 11 is 3.16. The van der Waals surface area contributed by atoms with E-state index in [0.717, 1.165) is 26.0 Å². The van der Waals surface area contributed by atoms with E-state index < -0.39 is 0 Å². The third-order valence-electron chi connectivity index (χ3n) is 3.01. The molecule has 0 atom stereocenters. The lowest BCUT2D eigenvalue weighted by Gasteiger charge is -2.01. The molecule has 1 amide bonds. The van der Waals surface area contributed by atoms with Crippen molar-refractivity contribution in [2.24, 2.45) is 0 Å². The second-order valence-corrected chi connectivity index (χ2v) is 6.57. The third kappa shape index (κ3) is 3.24. The highest BCUT2D eigenvalue weighted by Crippen LogP contribution is 2.36. The molecule has 1 N–H and O–H groups in total. The predicted octanol–water partition coefficient (Wildman–Crippen LogP) is 3.76. The molecule has 0 spiro atoms. The fourth-order valence-corrected chi connectivity index (χ4v) is 3.96. The van der Waals surface area contributed by atoms with Gasteiger partial charge in [0.15, 0.2) is 0 Å². The molecule has 22 heavy (non-hydrogen) atoms. The average Bonchev–Trinajstić information content (AvgIpc) is 3.17. The number of thiophene rings is 1. The van der Waals surface area contributed by atoms with E-state index in [1.807, 2.05) is 47.8 Å². The minimum atomic E-state index is -0.177. The van der Waals surface area contributed by atoms with Crippen LogP contribution in [-0.2, 0) is 16.1 Å². The summed E-state index contributed by atoms with van der Waals surface area (Å²) in [7, 11) is 1.43. The standard InChI is InChI=1S/C16H14N2O2S2/c1-20-18-14(19)10-13-15(12-8-5-9-21-12)17-16(22-13)11-6-3-2-4-7-11/h2-9H,10H2,1H3,(H,18,19). The second-order valence-electron chi connectivity index (χ2n) is 4.54. The zero-order valence-electron chi connectivity index (χ0n) is 11.9. The van der Waals surface area contributed by atoms with Crippen LogP contribution in [0.25, 0.3) is 21.1 Å². The minimum absolute atomic E-state index is 0.177. The van der Waals surface area contributed by atoms with E-state index in [0.29, 0.717) is 0 Å². The lowest BCUT2D eigenvalue weighted by molar-refractivity contribution is -0.130. The van der Waals surface area contributed by atoms with E-state index >= 15 is 0 Å². The van der Waals surface area contributed by atoms with Crippen LogP contribution in [0.15, 0.2) is 47.8 Å². The number of benzene rings is 1. The Morgan fingerprint density at radius 1 is 1.23 bits per heavy atom. The van der Waals surface area contributed by atoms with Gasteiger partial charge in [-0.15, -0.1) is 22.7 Å². The van der Waals surface area contributed by atoms with Gasteiger partial charge in [0.05, 0.1) is 24.1 Å². The Morgan fingerprint density at radius 2 is 2.05 bits per heavy atom. The SMILES string of the molecule is CONC(=O)Cc1sc(-c2ccccc2)nc1-c1cccs1. The molecule has 0 bridgehead atoms. The first-order chi connectivity index (χ1) is 10.8. The average molecular weight is 330 g/mol. The molecule has 3 rings (SSSR count). The smallest absolute Gasteiger partial charge is 0.248 e. The van der Waals surface area contributed by atoms with Crippen LogP contribution < -0.4 is 5.48 Å². The Morgan fingerprint density at radius 3 is 2.73 bits per heavy atom. The molecule has 0 saturated carbocycles. The third-order valence-corrected chi connectivity index (χ3v) is 4.99. The lowest BCUT2D eigenvalue weighted by atomic mass is 10.2. The zero-order valence-corrected chi connectivity index (χ0v) is 13.5. The van der Waals surface area contributed by atoms with E-state index in [2.05, 4.69) is 10.3 Å². The number of hydrogen-bond acceptors (Lipinski definition) is 5. The molecular weight excluding hydrogens is 316 g/mol. The van der Waals surface area contributed by atoms with Gasteiger partial charge in [-0.3, -0.25) is 9.63 Å². The van der Waals surface area contributed by atoms with Crippen molar-refractivity contribution >= 4 is 28.6 Å². The number of thiazole rings is 1. The molecule has 2 aromatic heterocycles. The summed E-state index contributed by atoms with van der Waals surface area (Å²) in [5.41, 5.74) is 4.30. The van der Waals surface area contributed by atoms with Crippen molar-refractivity contribution in [2.45, 2.75) is 6.42 Å². The largest absolute Gasteiger partial charge is 0.277 e. The van der Waals surface area contributed by atoms with Crippen molar-refractivity contribution < 1.29 is 9.63 Å². The number of carbonyl (C=O) groups excluding carboxylic acids is 1. The summed E-state index contributed by atoms with van der Waals surface area (Å²) in [4.78, 5) is 23.3. The number of nitrogens with one attached hydrogen (secondary N) is 1. The summed E-state index contributed by atoms with van der Waals surface area (Å²) in [6, 6.07) is 14.0. The van der Waals surface area contributed by atoms with Gasteiger partial charge in [0.25, 0.3) is 0 Å². The molecule has 0 radical (unpaired) electrons. The van der Waals surface area contributed by atoms with Crippen molar-refractivity contribution in [3.05, 3.63) is 52.7 Å². The maximum atomic E-state index is 11.8. The highest BCUT2D eigenvalue weighted by atomic mass is 32.1. The molecule has 0 aliphatic carbocycles. The number of rotatable bonds is 5. The van der Waals surface area contributed by atoms with Crippen LogP contribution in [0.3, 0.4) is 0 Å². The van der Waals surface area contributed by atoms with Crippen LogP contribution in [-0.4, -0.2) is 18.0 Å². The van der Waals surface area contributed by atoms with Crippen LogP contribution in [0.2, 0.25) is 0 Å². The number of carbonyl (C=O) groups is 1. The Labute approximate surface area is 136 Å². The molecule has 0 unspecified atom stereocenters. The fraction of sp³-hybridized carbons (Fsp3) is 0.125. The predicted molar refractivity (Wildman–Crippen MR) is 89.7 cm³/mol. The molecule has 3 aromatic rings. The highest BCUT2D eigenvalue weighted by Gasteiger charge is 2.17. The van der Waals surface area contributed by atoms with Crippen LogP contribution >= 0.6 is 22.7 Å². The first kappa shape index (κ1) is 14.9. The molecule has 6 heteroatoms. The van der Waals surface area contributed by atoms with E-state index in [9.17, 15) is 4.79 Å². The van der Waals surface area contributed by atoms with Crippen molar-refractivity contribution in [3.63, 3.8) is 0 Å². The lowest BCUT2D eigenvalue weighted by Crippen LogP contribution is -2.23. The molecule has 0 aliphatic heterocycles. The van der Waals surface area contributed by atoms with Gasteiger partial charge in [-0.1, -0.05) is 36.4 Å². The number of hydroxylamine groups is 1.